The van der Waals surface area contributed by atoms with Gasteiger partial charge in [0.05, 0.1) is 0 Å². The molecule has 0 spiro atoms. The fraction of sp³-hybridized carbons (Fsp3) is 0.800. The quantitative estimate of drug-likeness (QED) is 0.615. The molecule has 0 radical (unpaired) electrons. The van der Waals surface area contributed by atoms with E-state index >= 15 is 0 Å². The van der Waals surface area contributed by atoms with Crippen LogP contribution >= 0.6 is 0 Å². The van der Waals surface area contributed by atoms with Crippen molar-refractivity contribution < 1.29 is 0 Å². The molecule has 0 heterocycles. The highest BCUT2D eigenvalue weighted by Crippen LogP contribution is 2.19. The topological polar surface area (TPSA) is 12.0 Å². The van der Waals surface area contributed by atoms with E-state index in [2.05, 4.69) is 39.6 Å². The molecule has 1 atom stereocenters. The van der Waals surface area contributed by atoms with E-state index in [0.29, 0.717) is 6.04 Å². The molecule has 0 aromatic carbocycles. The van der Waals surface area contributed by atoms with Crippen LogP contribution in [0.3, 0.4) is 0 Å². The minimum absolute atomic E-state index is 0.289. The summed E-state index contributed by atoms with van der Waals surface area (Å²) in [4.78, 5) is 0. The second kappa shape index (κ2) is 4.55. The first-order valence-electron chi connectivity index (χ1n) is 4.38. The predicted molar refractivity (Wildman–Crippen MR) is 51.7 cm³/mol. The van der Waals surface area contributed by atoms with Crippen molar-refractivity contribution in [1.29, 1.82) is 0 Å². The van der Waals surface area contributed by atoms with Crippen LogP contribution in [0.2, 0.25) is 0 Å². The van der Waals surface area contributed by atoms with Crippen molar-refractivity contribution in [3.63, 3.8) is 0 Å². The lowest BCUT2D eigenvalue weighted by atomic mass is 9.87. The molecule has 1 N–H and O–H groups in total. The van der Waals surface area contributed by atoms with Crippen LogP contribution in [0.1, 0.15) is 34.1 Å². The van der Waals surface area contributed by atoms with E-state index < -0.39 is 0 Å². The molecule has 0 aliphatic heterocycles. The Labute approximate surface area is 70.9 Å². The lowest BCUT2D eigenvalue weighted by Crippen LogP contribution is -2.38. The molecule has 0 amide bonds. The maximum absolute atomic E-state index is 3.82. The number of hydrogen-bond acceptors (Lipinski definition) is 1. The van der Waals surface area contributed by atoms with Gasteiger partial charge in [-0.3, -0.25) is 0 Å². The Balaban J connectivity index is 3.86. The van der Waals surface area contributed by atoms with E-state index in [0.717, 1.165) is 6.54 Å². The molecular formula is C10H21N. The minimum Gasteiger partial charge on any atom is -0.310 e. The smallest absolute Gasteiger partial charge is 0.0296 e. The van der Waals surface area contributed by atoms with E-state index in [9.17, 15) is 0 Å². The van der Waals surface area contributed by atoms with E-state index in [1.54, 1.807) is 0 Å². The van der Waals surface area contributed by atoms with Gasteiger partial charge < -0.3 is 5.32 Å². The van der Waals surface area contributed by atoms with Gasteiger partial charge in [0.1, 0.15) is 0 Å². The van der Waals surface area contributed by atoms with Crippen molar-refractivity contribution in [2.24, 2.45) is 5.41 Å². The lowest BCUT2D eigenvalue weighted by Gasteiger charge is -2.28. The van der Waals surface area contributed by atoms with Gasteiger partial charge in [-0.05, 0) is 18.4 Å². The highest BCUT2D eigenvalue weighted by atomic mass is 14.9. The average Bonchev–Trinajstić information content (AvgIpc) is 1.87. The second-order valence-electron chi connectivity index (χ2n) is 4.03. The summed E-state index contributed by atoms with van der Waals surface area (Å²) in [6.07, 6.45) is 3.18. The highest BCUT2D eigenvalue weighted by Gasteiger charge is 2.19. The molecule has 0 aromatic heterocycles. The fourth-order valence-corrected chi connectivity index (χ4v) is 1.04. The summed E-state index contributed by atoms with van der Waals surface area (Å²) in [5, 5.41) is 3.44. The molecule has 11 heavy (non-hydrogen) atoms. The normalized spacial score (nSPS) is 14.5. The van der Waals surface area contributed by atoms with Gasteiger partial charge in [-0.25, -0.2) is 0 Å². The molecule has 0 aliphatic carbocycles. The van der Waals surface area contributed by atoms with Crippen molar-refractivity contribution in [2.75, 3.05) is 6.54 Å². The summed E-state index contributed by atoms with van der Waals surface area (Å²) in [6, 6.07) is 0.433. The SMILES string of the molecule is C=CC(NCCC)C(C)(C)C. The summed E-state index contributed by atoms with van der Waals surface area (Å²) >= 11 is 0. The largest absolute Gasteiger partial charge is 0.310 e. The third-order valence-electron chi connectivity index (χ3n) is 1.78. The predicted octanol–water partition coefficient (Wildman–Crippen LogP) is 2.59. The molecule has 1 unspecified atom stereocenters. The van der Waals surface area contributed by atoms with Crippen molar-refractivity contribution in [3.05, 3.63) is 12.7 Å². The Kier molecular flexibility index (Phi) is 4.43. The molecule has 1 nitrogen and oxygen atoms in total. The standard InChI is InChI=1S/C10H21N/c1-6-8-11-9(7-2)10(3,4)5/h7,9,11H,2,6,8H2,1,3-5H3. The van der Waals surface area contributed by atoms with Gasteiger partial charge in [0.2, 0.25) is 0 Å². The molecule has 0 saturated carbocycles. The van der Waals surface area contributed by atoms with E-state index in [4.69, 9.17) is 0 Å². The Morgan fingerprint density at radius 2 is 2.00 bits per heavy atom. The van der Waals surface area contributed by atoms with Crippen LogP contribution in [0.15, 0.2) is 12.7 Å². The Morgan fingerprint density at radius 1 is 1.45 bits per heavy atom. The van der Waals surface area contributed by atoms with Crippen molar-refractivity contribution in [3.8, 4) is 0 Å². The molecule has 1 heteroatoms. The monoisotopic (exact) mass is 155 g/mol. The number of hydrogen-bond donors (Lipinski definition) is 1. The zero-order valence-corrected chi connectivity index (χ0v) is 8.28. The molecule has 0 saturated heterocycles. The fourth-order valence-electron chi connectivity index (χ4n) is 1.04. The zero-order chi connectivity index (χ0) is 8.91. The summed E-state index contributed by atoms with van der Waals surface area (Å²) in [6.45, 7) is 13.7. The van der Waals surface area contributed by atoms with Gasteiger partial charge in [0, 0.05) is 6.04 Å². The Morgan fingerprint density at radius 3 is 2.27 bits per heavy atom. The molecule has 0 aromatic rings. The second-order valence-corrected chi connectivity index (χ2v) is 4.03. The molecular weight excluding hydrogens is 134 g/mol. The van der Waals surface area contributed by atoms with Gasteiger partial charge >= 0.3 is 0 Å². The first-order chi connectivity index (χ1) is 5.02. The van der Waals surface area contributed by atoms with Crippen LogP contribution in [-0.2, 0) is 0 Å². The van der Waals surface area contributed by atoms with Crippen LogP contribution in [0.5, 0.6) is 0 Å². The molecule has 0 aliphatic rings. The van der Waals surface area contributed by atoms with Crippen molar-refractivity contribution in [2.45, 2.75) is 40.2 Å². The maximum Gasteiger partial charge on any atom is 0.0296 e. The van der Waals surface area contributed by atoms with E-state index in [1.165, 1.54) is 6.42 Å². The lowest BCUT2D eigenvalue weighted by molar-refractivity contribution is 0.314. The molecule has 0 bridgehead atoms. The van der Waals surface area contributed by atoms with Gasteiger partial charge in [-0.1, -0.05) is 33.8 Å². The van der Waals surface area contributed by atoms with Crippen LogP contribution in [0.4, 0.5) is 0 Å². The average molecular weight is 155 g/mol. The summed E-state index contributed by atoms with van der Waals surface area (Å²) in [5.74, 6) is 0. The Hall–Kier alpha value is -0.300. The summed E-state index contributed by atoms with van der Waals surface area (Å²) in [7, 11) is 0. The van der Waals surface area contributed by atoms with Gasteiger partial charge in [0.15, 0.2) is 0 Å². The first kappa shape index (κ1) is 10.7. The van der Waals surface area contributed by atoms with Crippen LogP contribution in [0.25, 0.3) is 0 Å². The molecule has 0 fully saturated rings. The first-order valence-corrected chi connectivity index (χ1v) is 4.38. The van der Waals surface area contributed by atoms with Crippen LogP contribution in [0, 0.1) is 5.41 Å². The van der Waals surface area contributed by atoms with Gasteiger partial charge in [-0.2, -0.15) is 0 Å². The van der Waals surface area contributed by atoms with Gasteiger partial charge in [-0.15, -0.1) is 6.58 Å². The maximum atomic E-state index is 3.82. The third-order valence-corrected chi connectivity index (χ3v) is 1.78. The van der Waals surface area contributed by atoms with Crippen molar-refractivity contribution in [1.82, 2.24) is 5.32 Å². The summed E-state index contributed by atoms with van der Waals surface area (Å²) < 4.78 is 0. The minimum atomic E-state index is 0.289. The molecule has 0 rings (SSSR count). The van der Waals surface area contributed by atoms with Gasteiger partial charge in [0.25, 0.3) is 0 Å². The number of nitrogens with one attached hydrogen (secondary N) is 1. The van der Waals surface area contributed by atoms with Crippen LogP contribution < -0.4 is 5.32 Å². The number of rotatable bonds is 4. The van der Waals surface area contributed by atoms with E-state index in [1.807, 2.05) is 6.08 Å². The Bertz CT molecular complexity index is 111. The summed E-state index contributed by atoms with van der Waals surface area (Å²) in [5.41, 5.74) is 0.289. The van der Waals surface area contributed by atoms with Crippen molar-refractivity contribution >= 4 is 0 Å². The highest BCUT2D eigenvalue weighted by molar-refractivity contribution is 4.93. The van der Waals surface area contributed by atoms with E-state index in [-0.39, 0.29) is 5.41 Å². The zero-order valence-electron chi connectivity index (χ0n) is 8.28. The third kappa shape index (κ3) is 4.20. The van der Waals surface area contributed by atoms with Crippen LogP contribution in [-0.4, -0.2) is 12.6 Å². The molecule has 66 valence electrons.